The number of amidine groups is 1. The van der Waals surface area contributed by atoms with Gasteiger partial charge >= 0.3 is 6.09 Å². The zero-order valence-electron chi connectivity index (χ0n) is 18.8. The highest BCUT2D eigenvalue weighted by molar-refractivity contribution is 5.95. The molecule has 1 aliphatic rings. The van der Waals surface area contributed by atoms with Gasteiger partial charge < -0.3 is 15.4 Å². The van der Waals surface area contributed by atoms with Crippen molar-refractivity contribution in [3.05, 3.63) is 41.7 Å². The van der Waals surface area contributed by atoms with E-state index in [1.807, 2.05) is 34.7 Å². The SMILES string of the molecule is CN1CC/C=C/CC[C@@](C)(c2cc(N)ccc2F)N=C(NC(=O)OC(C)(C)C)CC1. The summed E-state index contributed by atoms with van der Waals surface area (Å²) < 4.78 is 20.2. The molecule has 1 aromatic rings. The van der Waals surface area contributed by atoms with Gasteiger partial charge in [0.15, 0.2) is 0 Å². The number of alkyl carbamates (subject to hydrolysis) is 1. The molecule has 1 heterocycles. The molecule has 1 aromatic carbocycles. The van der Waals surface area contributed by atoms with E-state index in [4.69, 9.17) is 15.5 Å². The lowest BCUT2D eigenvalue weighted by Crippen LogP contribution is -2.39. The van der Waals surface area contributed by atoms with Crippen molar-refractivity contribution < 1.29 is 13.9 Å². The number of rotatable bonds is 1. The third-order valence-electron chi connectivity index (χ3n) is 4.97. The van der Waals surface area contributed by atoms with Crippen molar-refractivity contribution in [2.75, 3.05) is 25.9 Å². The molecule has 0 unspecified atom stereocenters. The maximum absolute atomic E-state index is 14.8. The Balaban J connectivity index is 2.45. The molecule has 0 aliphatic carbocycles. The van der Waals surface area contributed by atoms with Gasteiger partial charge in [-0.25, -0.2) is 9.18 Å². The summed E-state index contributed by atoms with van der Waals surface area (Å²) in [6.45, 7) is 8.92. The number of hydrogen-bond donors (Lipinski definition) is 2. The Morgan fingerprint density at radius 3 is 2.67 bits per heavy atom. The number of halogens is 1. The Morgan fingerprint density at radius 2 is 1.97 bits per heavy atom. The van der Waals surface area contributed by atoms with E-state index in [1.54, 1.807) is 6.07 Å². The topological polar surface area (TPSA) is 80.0 Å². The normalized spacial score (nSPS) is 22.9. The van der Waals surface area contributed by atoms with E-state index in [0.29, 0.717) is 36.5 Å². The number of aliphatic imine (C=N–C) groups is 1. The Bertz CT molecular complexity index is 801. The molecule has 30 heavy (non-hydrogen) atoms. The summed E-state index contributed by atoms with van der Waals surface area (Å²) in [7, 11) is 2.03. The van der Waals surface area contributed by atoms with Gasteiger partial charge in [-0.05, 0) is 72.2 Å². The van der Waals surface area contributed by atoms with E-state index in [0.717, 1.165) is 19.4 Å². The zero-order valence-corrected chi connectivity index (χ0v) is 18.8. The van der Waals surface area contributed by atoms with Crippen molar-refractivity contribution in [1.82, 2.24) is 10.2 Å². The second-order valence-electron chi connectivity index (χ2n) is 9.05. The summed E-state index contributed by atoms with van der Waals surface area (Å²) in [6, 6.07) is 4.54. The van der Waals surface area contributed by atoms with Crippen LogP contribution in [-0.4, -0.2) is 42.6 Å². The first-order valence-electron chi connectivity index (χ1n) is 10.5. The number of ether oxygens (including phenoxy) is 1. The third kappa shape index (κ3) is 7.44. The molecule has 7 heteroatoms. The lowest BCUT2D eigenvalue weighted by molar-refractivity contribution is 0.0561. The second kappa shape index (κ2) is 10.1. The predicted octanol–water partition coefficient (Wildman–Crippen LogP) is 4.61. The van der Waals surface area contributed by atoms with Crippen molar-refractivity contribution in [1.29, 1.82) is 0 Å². The van der Waals surface area contributed by atoms with Crippen molar-refractivity contribution in [2.24, 2.45) is 4.99 Å². The minimum Gasteiger partial charge on any atom is -0.444 e. The summed E-state index contributed by atoms with van der Waals surface area (Å²) in [5.74, 6) is 0.116. The molecule has 0 aromatic heterocycles. The van der Waals surface area contributed by atoms with Gasteiger partial charge in [0, 0.05) is 30.8 Å². The van der Waals surface area contributed by atoms with Gasteiger partial charge in [-0.1, -0.05) is 12.2 Å². The van der Waals surface area contributed by atoms with Crippen molar-refractivity contribution in [2.45, 2.75) is 64.5 Å². The van der Waals surface area contributed by atoms with E-state index in [-0.39, 0.29) is 5.82 Å². The molecular formula is C23H35FN4O2. The molecule has 0 spiro atoms. The second-order valence-corrected chi connectivity index (χ2v) is 9.05. The van der Waals surface area contributed by atoms with Crippen LogP contribution in [0.5, 0.6) is 0 Å². The fourth-order valence-electron chi connectivity index (χ4n) is 3.38. The van der Waals surface area contributed by atoms with E-state index < -0.39 is 17.2 Å². The average molecular weight is 419 g/mol. The molecular weight excluding hydrogens is 383 g/mol. The van der Waals surface area contributed by atoms with Crippen LogP contribution >= 0.6 is 0 Å². The van der Waals surface area contributed by atoms with Gasteiger partial charge in [0.1, 0.15) is 17.3 Å². The summed E-state index contributed by atoms with van der Waals surface area (Å²) in [5, 5.41) is 2.80. The number of nitrogen functional groups attached to an aromatic ring is 1. The number of carbonyl (C=O) groups is 1. The van der Waals surface area contributed by atoms with Gasteiger partial charge in [0.25, 0.3) is 0 Å². The Labute approximate surface area is 179 Å². The predicted molar refractivity (Wildman–Crippen MR) is 120 cm³/mol. The molecule has 0 bridgehead atoms. The molecule has 1 atom stereocenters. The summed E-state index contributed by atoms with van der Waals surface area (Å²) >= 11 is 0. The maximum atomic E-state index is 14.8. The quantitative estimate of drug-likeness (QED) is 0.516. The first-order chi connectivity index (χ1) is 14.0. The van der Waals surface area contributed by atoms with Crippen LogP contribution in [0.2, 0.25) is 0 Å². The largest absolute Gasteiger partial charge is 0.444 e. The van der Waals surface area contributed by atoms with Gasteiger partial charge in [0.2, 0.25) is 0 Å². The maximum Gasteiger partial charge on any atom is 0.413 e. The van der Waals surface area contributed by atoms with Crippen LogP contribution in [0.3, 0.4) is 0 Å². The first kappa shape index (κ1) is 23.9. The minimum atomic E-state index is -0.883. The minimum absolute atomic E-state index is 0.361. The molecule has 1 amide bonds. The van der Waals surface area contributed by atoms with Gasteiger partial charge in [0.05, 0.1) is 5.54 Å². The highest BCUT2D eigenvalue weighted by atomic mass is 19.1. The van der Waals surface area contributed by atoms with Crippen LogP contribution in [0.4, 0.5) is 14.9 Å². The van der Waals surface area contributed by atoms with Crippen LogP contribution in [0.15, 0.2) is 35.3 Å². The monoisotopic (exact) mass is 418 g/mol. The molecule has 6 nitrogen and oxygen atoms in total. The standard InChI is InChI=1S/C23H35FN4O2/c1-22(2,3)30-21(29)26-20-12-15-28(5)14-9-7-6-8-13-23(4,27-20)18-16-17(25)10-11-19(18)24/h6-7,10-11,16H,8-9,12-15,25H2,1-5H3,(H,26,27,29)/b7-6+/t23-/m0/s1. The van der Waals surface area contributed by atoms with Crippen LogP contribution < -0.4 is 11.1 Å². The summed E-state index contributed by atoms with van der Waals surface area (Å²) in [4.78, 5) is 19.5. The number of amides is 1. The fraction of sp³-hybridized carbons (Fsp3) is 0.565. The first-order valence-corrected chi connectivity index (χ1v) is 10.5. The van der Waals surface area contributed by atoms with E-state index in [2.05, 4.69) is 22.4 Å². The summed E-state index contributed by atoms with van der Waals surface area (Å²) in [6.07, 6.45) is 6.46. The van der Waals surface area contributed by atoms with E-state index in [9.17, 15) is 9.18 Å². The number of nitrogens with one attached hydrogen (secondary N) is 1. The molecule has 2 rings (SSSR count). The number of anilines is 1. The lowest BCUT2D eigenvalue weighted by atomic mass is 9.86. The van der Waals surface area contributed by atoms with Crippen molar-refractivity contribution in [3.8, 4) is 0 Å². The number of allylic oxidation sites excluding steroid dienone is 1. The van der Waals surface area contributed by atoms with E-state index >= 15 is 0 Å². The Kier molecular flexibility index (Phi) is 8.01. The van der Waals surface area contributed by atoms with Crippen LogP contribution in [0.25, 0.3) is 0 Å². The van der Waals surface area contributed by atoms with Crippen molar-refractivity contribution >= 4 is 17.6 Å². The zero-order chi connectivity index (χ0) is 22.4. The van der Waals surface area contributed by atoms with Gasteiger partial charge in [-0.15, -0.1) is 0 Å². The Morgan fingerprint density at radius 1 is 1.27 bits per heavy atom. The number of hydrogen-bond acceptors (Lipinski definition) is 5. The van der Waals surface area contributed by atoms with E-state index in [1.165, 1.54) is 12.1 Å². The van der Waals surface area contributed by atoms with Gasteiger partial charge in [-0.2, -0.15) is 0 Å². The third-order valence-corrected chi connectivity index (χ3v) is 4.97. The lowest BCUT2D eigenvalue weighted by Gasteiger charge is -2.29. The number of carbonyl (C=O) groups excluding carboxylic acids is 1. The molecule has 0 saturated carbocycles. The molecule has 0 fully saturated rings. The number of nitrogens with zero attached hydrogens (tertiary/aromatic N) is 2. The average Bonchev–Trinajstić information content (AvgIpc) is 2.62. The van der Waals surface area contributed by atoms with Crippen molar-refractivity contribution in [3.63, 3.8) is 0 Å². The van der Waals surface area contributed by atoms with Crippen LogP contribution in [0.1, 0.15) is 58.9 Å². The number of benzene rings is 1. The highest BCUT2D eigenvalue weighted by Gasteiger charge is 2.30. The Hall–Kier alpha value is -2.41. The molecule has 0 saturated heterocycles. The van der Waals surface area contributed by atoms with Gasteiger partial charge in [-0.3, -0.25) is 10.3 Å². The van der Waals surface area contributed by atoms with Crippen LogP contribution in [-0.2, 0) is 10.3 Å². The molecule has 0 radical (unpaired) electrons. The number of nitrogens with two attached hydrogens (primary N) is 1. The molecule has 1 aliphatic heterocycles. The summed E-state index contributed by atoms with van der Waals surface area (Å²) in [5.41, 5.74) is 5.33. The molecule has 3 N–H and O–H groups in total. The van der Waals surface area contributed by atoms with Crippen LogP contribution in [0, 0.1) is 5.82 Å². The smallest absolute Gasteiger partial charge is 0.413 e. The molecule has 166 valence electrons. The highest BCUT2D eigenvalue weighted by Crippen LogP contribution is 2.34. The fourth-order valence-corrected chi connectivity index (χ4v) is 3.38.